The van der Waals surface area contributed by atoms with Crippen molar-refractivity contribution in [3.63, 3.8) is 0 Å². The van der Waals surface area contributed by atoms with Gasteiger partial charge in [-0.05, 0) is 31.0 Å². The summed E-state index contributed by atoms with van der Waals surface area (Å²) in [5.41, 5.74) is 3.39. The molecule has 0 aliphatic carbocycles. The fraction of sp³-hybridized carbons (Fsp3) is 0.364. The number of carbonyl (C=O) groups is 2. The van der Waals surface area contributed by atoms with Gasteiger partial charge in [0.25, 0.3) is 0 Å². The van der Waals surface area contributed by atoms with Gasteiger partial charge in [0, 0.05) is 38.3 Å². The zero-order chi connectivity index (χ0) is 19.5. The van der Waals surface area contributed by atoms with E-state index in [1.54, 1.807) is 0 Å². The van der Waals surface area contributed by atoms with E-state index in [1.807, 2.05) is 42.5 Å². The summed E-state index contributed by atoms with van der Waals surface area (Å²) in [6.45, 7) is 6.78. The molecule has 2 amide bonds. The van der Waals surface area contributed by atoms with Crippen molar-refractivity contribution in [3.8, 4) is 0 Å². The molecule has 0 aromatic heterocycles. The van der Waals surface area contributed by atoms with Gasteiger partial charge in [0.15, 0.2) is 0 Å². The zero-order valence-corrected chi connectivity index (χ0v) is 16.2. The molecule has 0 saturated carbocycles. The maximum Gasteiger partial charge on any atom is 0.224 e. The summed E-state index contributed by atoms with van der Waals surface area (Å²) in [5.74, 6) is -0.110. The van der Waals surface area contributed by atoms with Crippen LogP contribution in [0.3, 0.4) is 0 Å². The van der Waals surface area contributed by atoms with Crippen molar-refractivity contribution in [1.29, 1.82) is 0 Å². The van der Waals surface area contributed by atoms with Gasteiger partial charge in [0.2, 0.25) is 11.8 Å². The molecule has 5 heteroatoms. The monoisotopic (exact) mass is 367 g/mol. The highest BCUT2D eigenvalue weighted by Crippen LogP contribution is 2.18. The number of anilines is 1. The summed E-state index contributed by atoms with van der Waals surface area (Å²) in [4.78, 5) is 26.1. The molecule has 2 rings (SSSR count). The minimum absolute atomic E-state index is 0.0455. The standard InChI is InChI=1S/C22H29N3O2/c1-3-25(20-12-8-7-9-18(20)2)16-15-24-21(26)13-14-23-22(27)17-19-10-5-4-6-11-19/h4-12H,3,13-17H2,1-2H3,(H,23,27)(H,24,26). The molecule has 0 aliphatic rings. The summed E-state index contributed by atoms with van der Waals surface area (Å²) in [7, 11) is 0. The minimum atomic E-state index is -0.0642. The number of carbonyl (C=O) groups excluding carboxylic acids is 2. The van der Waals surface area contributed by atoms with Crippen molar-refractivity contribution in [2.24, 2.45) is 0 Å². The third-order valence-corrected chi connectivity index (χ3v) is 4.42. The Morgan fingerprint density at radius 3 is 2.26 bits per heavy atom. The first kappa shape index (κ1) is 20.5. The van der Waals surface area contributed by atoms with Crippen LogP contribution in [0.2, 0.25) is 0 Å². The highest BCUT2D eigenvalue weighted by Gasteiger charge is 2.08. The first-order chi connectivity index (χ1) is 13.1. The van der Waals surface area contributed by atoms with Gasteiger partial charge in [-0.25, -0.2) is 0 Å². The van der Waals surface area contributed by atoms with Crippen molar-refractivity contribution in [2.45, 2.75) is 26.7 Å². The molecule has 5 nitrogen and oxygen atoms in total. The number of benzene rings is 2. The first-order valence-corrected chi connectivity index (χ1v) is 9.48. The van der Waals surface area contributed by atoms with Crippen LogP contribution in [0.4, 0.5) is 5.69 Å². The van der Waals surface area contributed by atoms with E-state index < -0.39 is 0 Å². The number of aryl methyl sites for hydroxylation is 1. The molecular weight excluding hydrogens is 338 g/mol. The van der Waals surface area contributed by atoms with E-state index in [9.17, 15) is 9.59 Å². The Morgan fingerprint density at radius 2 is 1.56 bits per heavy atom. The second kappa shape index (κ2) is 11.0. The third-order valence-electron chi connectivity index (χ3n) is 4.42. The van der Waals surface area contributed by atoms with Crippen molar-refractivity contribution in [3.05, 3.63) is 65.7 Å². The third kappa shape index (κ3) is 7.13. The molecular formula is C22H29N3O2. The van der Waals surface area contributed by atoms with E-state index in [1.165, 1.54) is 11.3 Å². The minimum Gasteiger partial charge on any atom is -0.370 e. The van der Waals surface area contributed by atoms with E-state index in [2.05, 4.69) is 41.5 Å². The second-order valence-corrected chi connectivity index (χ2v) is 6.48. The topological polar surface area (TPSA) is 61.4 Å². The Labute approximate surface area is 161 Å². The fourth-order valence-corrected chi connectivity index (χ4v) is 2.95. The number of likely N-dealkylation sites (N-methyl/N-ethyl adjacent to an activating group) is 1. The fourth-order valence-electron chi connectivity index (χ4n) is 2.95. The van der Waals surface area contributed by atoms with Gasteiger partial charge in [0.1, 0.15) is 0 Å². The van der Waals surface area contributed by atoms with Gasteiger partial charge in [-0.3, -0.25) is 9.59 Å². The lowest BCUT2D eigenvalue weighted by molar-refractivity contribution is -0.122. The number of nitrogens with zero attached hydrogens (tertiary/aromatic N) is 1. The van der Waals surface area contributed by atoms with Crippen LogP contribution in [0.1, 0.15) is 24.5 Å². The van der Waals surface area contributed by atoms with E-state index in [4.69, 9.17) is 0 Å². The summed E-state index contributed by atoms with van der Waals surface area (Å²) >= 11 is 0. The van der Waals surface area contributed by atoms with Crippen LogP contribution in [-0.2, 0) is 16.0 Å². The van der Waals surface area contributed by atoms with Gasteiger partial charge in [0.05, 0.1) is 6.42 Å². The number of amides is 2. The van der Waals surface area contributed by atoms with Crippen LogP contribution in [0.15, 0.2) is 54.6 Å². The Balaban J connectivity index is 1.64. The second-order valence-electron chi connectivity index (χ2n) is 6.48. The number of nitrogens with one attached hydrogen (secondary N) is 2. The molecule has 0 unspecified atom stereocenters. The lowest BCUT2D eigenvalue weighted by Gasteiger charge is -2.25. The van der Waals surface area contributed by atoms with Gasteiger partial charge in [-0.2, -0.15) is 0 Å². The molecule has 27 heavy (non-hydrogen) atoms. The lowest BCUT2D eigenvalue weighted by atomic mass is 10.1. The van der Waals surface area contributed by atoms with Crippen LogP contribution < -0.4 is 15.5 Å². The Bertz CT molecular complexity index is 731. The molecule has 2 aromatic carbocycles. The molecule has 0 heterocycles. The predicted octanol–water partition coefficient (Wildman–Crippen LogP) is 2.69. The summed E-state index contributed by atoms with van der Waals surface area (Å²) in [5, 5.41) is 5.72. The normalized spacial score (nSPS) is 10.3. The average molecular weight is 367 g/mol. The quantitative estimate of drug-likeness (QED) is 0.679. The number of rotatable bonds is 10. The molecule has 2 aromatic rings. The molecule has 0 atom stereocenters. The van der Waals surface area contributed by atoms with Crippen LogP contribution in [0.25, 0.3) is 0 Å². The highest BCUT2D eigenvalue weighted by molar-refractivity contribution is 5.80. The Kier molecular flexibility index (Phi) is 8.36. The highest BCUT2D eigenvalue weighted by atomic mass is 16.2. The van der Waals surface area contributed by atoms with E-state index in [-0.39, 0.29) is 18.2 Å². The summed E-state index contributed by atoms with van der Waals surface area (Å²) in [6, 6.07) is 17.8. The van der Waals surface area contributed by atoms with Gasteiger partial charge in [-0.1, -0.05) is 48.5 Å². The molecule has 2 N–H and O–H groups in total. The van der Waals surface area contributed by atoms with Crippen LogP contribution >= 0.6 is 0 Å². The van der Waals surface area contributed by atoms with Crippen molar-refractivity contribution in [2.75, 3.05) is 31.1 Å². The largest absolute Gasteiger partial charge is 0.370 e. The number of hydrogen-bond acceptors (Lipinski definition) is 3. The molecule has 144 valence electrons. The number of hydrogen-bond donors (Lipinski definition) is 2. The van der Waals surface area contributed by atoms with Crippen LogP contribution in [-0.4, -0.2) is 38.0 Å². The Hall–Kier alpha value is -2.82. The lowest BCUT2D eigenvalue weighted by Crippen LogP contribution is -2.37. The molecule has 0 spiro atoms. The predicted molar refractivity (Wildman–Crippen MR) is 110 cm³/mol. The SMILES string of the molecule is CCN(CCNC(=O)CCNC(=O)Cc1ccccc1)c1ccccc1C. The van der Waals surface area contributed by atoms with E-state index >= 15 is 0 Å². The molecule has 0 radical (unpaired) electrons. The summed E-state index contributed by atoms with van der Waals surface area (Å²) in [6.07, 6.45) is 0.626. The molecule has 0 saturated heterocycles. The van der Waals surface area contributed by atoms with Gasteiger partial charge in [-0.15, -0.1) is 0 Å². The van der Waals surface area contributed by atoms with Crippen molar-refractivity contribution < 1.29 is 9.59 Å². The van der Waals surface area contributed by atoms with Gasteiger partial charge < -0.3 is 15.5 Å². The Morgan fingerprint density at radius 1 is 0.889 bits per heavy atom. The maximum atomic E-state index is 12.0. The molecule has 0 bridgehead atoms. The van der Waals surface area contributed by atoms with Gasteiger partial charge >= 0.3 is 0 Å². The van der Waals surface area contributed by atoms with Crippen LogP contribution in [0, 0.1) is 6.92 Å². The van der Waals surface area contributed by atoms with Crippen molar-refractivity contribution in [1.82, 2.24) is 10.6 Å². The van der Waals surface area contributed by atoms with E-state index in [0.717, 1.165) is 18.7 Å². The smallest absolute Gasteiger partial charge is 0.224 e. The zero-order valence-electron chi connectivity index (χ0n) is 16.2. The average Bonchev–Trinajstić information content (AvgIpc) is 2.67. The summed E-state index contributed by atoms with van der Waals surface area (Å²) < 4.78 is 0. The number of para-hydroxylation sites is 1. The van der Waals surface area contributed by atoms with Crippen LogP contribution in [0.5, 0.6) is 0 Å². The van der Waals surface area contributed by atoms with E-state index in [0.29, 0.717) is 19.5 Å². The first-order valence-electron chi connectivity index (χ1n) is 9.48. The molecule has 0 fully saturated rings. The maximum absolute atomic E-state index is 12.0. The van der Waals surface area contributed by atoms with Crippen molar-refractivity contribution >= 4 is 17.5 Å². The molecule has 0 aliphatic heterocycles.